The molecule has 0 aromatic carbocycles. The third-order valence-corrected chi connectivity index (χ3v) is 5.30. The van der Waals surface area contributed by atoms with Gasteiger partial charge in [-0.25, -0.2) is 8.42 Å². The van der Waals surface area contributed by atoms with Crippen molar-refractivity contribution < 1.29 is 13.2 Å². The number of nitrogens with one attached hydrogen (secondary N) is 2. The van der Waals surface area contributed by atoms with Crippen molar-refractivity contribution in [1.29, 1.82) is 0 Å². The number of ether oxygens (including phenoxy) is 1. The standard InChI is InChI=1S/C11H22N2O3S/c1-11(3-6-16-9-11)13-4-2-10-8-17(14,15)7-5-12-10/h10,12-13H,2-9H2,1H3. The maximum atomic E-state index is 11.5. The monoisotopic (exact) mass is 262 g/mol. The molecule has 2 aliphatic heterocycles. The van der Waals surface area contributed by atoms with Crippen LogP contribution in [0.4, 0.5) is 0 Å². The second-order valence-electron chi connectivity index (χ2n) is 5.34. The third kappa shape index (κ3) is 3.91. The van der Waals surface area contributed by atoms with Gasteiger partial charge in [0.1, 0.15) is 0 Å². The van der Waals surface area contributed by atoms with Crippen LogP contribution in [0.25, 0.3) is 0 Å². The molecule has 2 saturated heterocycles. The molecule has 17 heavy (non-hydrogen) atoms. The lowest BCUT2D eigenvalue weighted by Crippen LogP contribution is -2.49. The quantitative estimate of drug-likeness (QED) is 0.717. The van der Waals surface area contributed by atoms with Crippen molar-refractivity contribution in [3.8, 4) is 0 Å². The van der Waals surface area contributed by atoms with Crippen LogP contribution in [0.1, 0.15) is 19.8 Å². The zero-order valence-electron chi connectivity index (χ0n) is 10.4. The highest BCUT2D eigenvalue weighted by atomic mass is 32.2. The topological polar surface area (TPSA) is 67.4 Å². The molecular formula is C11H22N2O3S. The number of hydrogen-bond acceptors (Lipinski definition) is 5. The van der Waals surface area contributed by atoms with Crippen LogP contribution in [0.15, 0.2) is 0 Å². The summed E-state index contributed by atoms with van der Waals surface area (Å²) in [6, 6.07) is 0.104. The van der Waals surface area contributed by atoms with Crippen LogP contribution in [0.3, 0.4) is 0 Å². The van der Waals surface area contributed by atoms with Gasteiger partial charge in [0.2, 0.25) is 0 Å². The van der Waals surface area contributed by atoms with Gasteiger partial charge in [0.15, 0.2) is 9.84 Å². The molecule has 2 atom stereocenters. The summed E-state index contributed by atoms with van der Waals surface area (Å²) in [5, 5.41) is 6.74. The second-order valence-corrected chi connectivity index (χ2v) is 7.57. The van der Waals surface area contributed by atoms with E-state index in [9.17, 15) is 8.42 Å². The van der Waals surface area contributed by atoms with Crippen molar-refractivity contribution in [3.05, 3.63) is 0 Å². The van der Waals surface area contributed by atoms with E-state index in [0.29, 0.717) is 6.54 Å². The van der Waals surface area contributed by atoms with E-state index in [2.05, 4.69) is 17.6 Å². The van der Waals surface area contributed by atoms with E-state index >= 15 is 0 Å². The van der Waals surface area contributed by atoms with Crippen LogP contribution < -0.4 is 10.6 Å². The molecule has 2 heterocycles. The Balaban J connectivity index is 1.71. The molecular weight excluding hydrogens is 240 g/mol. The van der Waals surface area contributed by atoms with Crippen molar-refractivity contribution in [2.24, 2.45) is 0 Å². The Morgan fingerprint density at radius 2 is 2.35 bits per heavy atom. The van der Waals surface area contributed by atoms with Crippen molar-refractivity contribution in [2.75, 3.05) is 37.8 Å². The van der Waals surface area contributed by atoms with E-state index in [0.717, 1.165) is 32.6 Å². The third-order valence-electron chi connectivity index (χ3n) is 3.56. The molecule has 2 rings (SSSR count). The van der Waals surface area contributed by atoms with E-state index in [4.69, 9.17) is 4.74 Å². The lowest BCUT2D eigenvalue weighted by atomic mass is 10.0. The SMILES string of the molecule is CC1(NCCC2CS(=O)(=O)CCN2)CCOC1. The highest BCUT2D eigenvalue weighted by Crippen LogP contribution is 2.17. The van der Waals surface area contributed by atoms with Crippen LogP contribution in [0.2, 0.25) is 0 Å². The fourth-order valence-corrected chi connectivity index (χ4v) is 3.90. The Hall–Kier alpha value is -0.170. The summed E-state index contributed by atoms with van der Waals surface area (Å²) in [5.74, 6) is 0.560. The predicted molar refractivity (Wildman–Crippen MR) is 66.9 cm³/mol. The Morgan fingerprint density at radius 1 is 1.53 bits per heavy atom. The number of hydrogen-bond donors (Lipinski definition) is 2. The van der Waals surface area contributed by atoms with Crippen molar-refractivity contribution >= 4 is 9.84 Å². The van der Waals surface area contributed by atoms with Gasteiger partial charge in [-0.05, 0) is 26.3 Å². The summed E-state index contributed by atoms with van der Waals surface area (Å²) < 4.78 is 28.3. The minimum atomic E-state index is -2.81. The van der Waals surface area contributed by atoms with Crippen LogP contribution in [0.5, 0.6) is 0 Å². The Morgan fingerprint density at radius 3 is 3.00 bits per heavy atom. The van der Waals surface area contributed by atoms with Gasteiger partial charge in [-0.2, -0.15) is 0 Å². The van der Waals surface area contributed by atoms with Gasteiger partial charge in [0.05, 0.1) is 18.1 Å². The van der Waals surface area contributed by atoms with E-state index in [1.165, 1.54) is 0 Å². The summed E-state index contributed by atoms with van der Waals surface area (Å²) in [6.45, 7) is 5.16. The summed E-state index contributed by atoms with van der Waals surface area (Å²) in [7, 11) is -2.81. The highest BCUT2D eigenvalue weighted by molar-refractivity contribution is 7.91. The molecule has 2 N–H and O–H groups in total. The summed E-state index contributed by atoms with van der Waals surface area (Å²) in [4.78, 5) is 0. The van der Waals surface area contributed by atoms with Crippen LogP contribution in [-0.4, -0.2) is 57.8 Å². The zero-order valence-corrected chi connectivity index (χ0v) is 11.2. The van der Waals surface area contributed by atoms with Crippen molar-refractivity contribution in [3.63, 3.8) is 0 Å². The van der Waals surface area contributed by atoms with E-state index in [1.807, 2.05) is 0 Å². The first-order chi connectivity index (χ1) is 7.99. The fraction of sp³-hybridized carbons (Fsp3) is 1.00. The maximum Gasteiger partial charge on any atom is 0.153 e. The van der Waals surface area contributed by atoms with Gasteiger partial charge in [0, 0.05) is 24.7 Å². The molecule has 6 heteroatoms. The highest BCUT2D eigenvalue weighted by Gasteiger charge is 2.29. The first-order valence-corrected chi connectivity index (χ1v) is 8.08. The Bertz CT molecular complexity index is 350. The molecule has 2 fully saturated rings. The summed E-state index contributed by atoms with van der Waals surface area (Å²) >= 11 is 0. The van der Waals surface area contributed by atoms with Crippen LogP contribution >= 0.6 is 0 Å². The molecule has 2 aliphatic rings. The van der Waals surface area contributed by atoms with Gasteiger partial charge in [-0.15, -0.1) is 0 Å². The molecule has 0 bridgehead atoms. The summed E-state index contributed by atoms with van der Waals surface area (Å²) in [5.41, 5.74) is 0.0769. The van der Waals surface area contributed by atoms with E-state index in [1.54, 1.807) is 0 Å². The molecule has 5 nitrogen and oxygen atoms in total. The van der Waals surface area contributed by atoms with Gasteiger partial charge >= 0.3 is 0 Å². The number of sulfone groups is 1. The molecule has 0 spiro atoms. The molecule has 0 aromatic rings. The lowest BCUT2D eigenvalue weighted by Gasteiger charge is -2.27. The lowest BCUT2D eigenvalue weighted by molar-refractivity contribution is 0.171. The normalized spacial score (nSPS) is 37.1. The predicted octanol–water partition coefficient (Wildman–Crippen LogP) is -0.468. The molecule has 2 unspecified atom stereocenters. The van der Waals surface area contributed by atoms with Gasteiger partial charge in [-0.3, -0.25) is 0 Å². The van der Waals surface area contributed by atoms with Crippen LogP contribution in [-0.2, 0) is 14.6 Å². The van der Waals surface area contributed by atoms with Gasteiger partial charge in [0.25, 0.3) is 0 Å². The molecule has 0 radical (unpaired) electrons. The van der Waals surface area contributed by atoms with Gasteiger partial charge in [-0.1, -0.05) is 0 Å². The fourth-order valence-electron chi connectivity index (χ4n) is 2.41. The smallest absolute Gasteiger partial charge is 0.153 e. The Labute approximate surface area is 103 Å². The largest absolute Gasteiger partial charge is 0.379 e. The van der Waals surface area contributed by atoms with Crippen LogP contribution in [0, 0.1) is 0 Å². The Kier molecular flexibility index (Phi) is 4.07. The minimum Gasteiger partial charge on any atom is -0.379 e. The number of rotatable bonds is 4. The average Bonchev–Trinajstić information content (AvgIpc) is 2.64. The van der Waals surface area contributed by atoms with Crippen molar-refractivity contribution in [1.82, 2.24) is 10.6 Å². The first kappa shape index (κ1) is 13.3. The molecule has 100 valence electrons. The molecule has 0 aliphatic carbocycles. The molecule has 0 saturated carbocycles. The molecule has 0 amide bonds. The second kappa shape index (κ2) is 5.22. The first-order valence-electron chi connectivity index (χ1n) is 6.26. The zero-order chi connectivity index (χ0) is 12.4. The maximum absolute atomic E-state index is 11.5. The van der Waals surface area contributed by atoms with E-state index in [-0.39, 0.29) is 23.1 Å². The van der Waals surface area contributed by atoms with Crippen molar-refractivity contribution in [2.45, 2.75) is 31.3 Å². The average molecular weight is 262 g/mol. The minimum absolute atomic E-state index is 0.0769. The summed E-state index contributed by atoms with van der Waals surface area (Å²) in [6.07, 6.45) is 1.89. The van der Waals surface area contributed by atoms with Gasteiger partial charge < -0.3 is 15.4 Å². The van der Waals surface area contributed by atoms with E-state index < -0.39 is 9.84 Å². The molecule has 0 aromatic heterocycles.